The van der Waals surface area contributed by atoms with Gasteiger partial charge in [-0.25, -0.2) is 0 Å². The van der Waals surface area contributed by atoms with Crippen molar-refractivity contribution in [2.75, 3.05) is 0 Å². The van der Waals surface area contributed by atoms with E-state index >= 15 is 0 Å². The molecule has 0 fully saturated rings. The second-order valence-electron chi connectivity index (χ2n) is 4.77. The van der Waals surface area contributed by atoms with Crippen LogP contribution < -0.4 is 0 Å². The maximum Gasteiger partial charge on any atom is -0.0286 e. The van der Waals surface area contributed by atoms with Crippen LogP contribution in [0.1, 0.15) is 59.3 Å². The minimum atomic E-state index is 1.21. The smallest absolute Gasteiger partial charge is 0.0286 e. The first-order valence-corrected chi connectivity index (χ1v) is 6.15. The van der Waals surface area contributed by atoms with Crippen molar-refractivity contribution in [2.45, 2.75) is 59.3 Å². The first-order chi connectivity index (χ1) is 7.18. The highest BCUT2D eigenvalue weighted by molar-refractivity contribution is 5.09. The van der Waals surface area contributed by atoms with Gasteiger partial charge in [-0.3, -0.25) is 0 Å². The van der Waals surface area contributed by atoms with E-state index in [1.165, 1.54) is 38.5 Å². The maximum absolute atomic E-state index is 2.41. The summed E-state index contributed by atoms with van der Waals surface area (Å²) in [7, 11) is 0. The molecule has 0 heteroatoms. The predicted octanol–water partition coefficient (Wildman–Crippen LogP) is 5.18. The van der Waals surface area contributed by atoms with Crippen molar-refractivity contribution < 1.29 is 0 Å². The maximum atomic E-state index is 2.41. The molecule has 0 spiro atoms. The summed E-state index contributed by atoms with van der Waals surface area (Å²) in [4.78, 5) is 0. The summed E-state index contributed by atoms with van der Waals surface area (Å²) in [6.45, 7) is 6.78. The van der Waals surface area contributed by atoms with Crippen LogP contribution in [0, 0.1) is 0 Å². The van der Waals surface area contributed by atoms with Gasteiger partial charge in [0.05, 0.1) is 0 Å². The summed E-state index contributed by atoms with van der Waals surface area (Å²) in [6.07, 6.45) is 14.6. The Kier molecular flexibility index (Phi) is 5.45. The molecule has 0 aromatic carbocycles. The number of hydrogen-bond acceptors (Lipinski definition) is 0. The van der Waals surface area contributed by atoms with Crippen molar-refractivity contribution in [3.63, 3.8) is 0 Å². The molecule has 15 heavy (non-hydrogen) atoms. The van der Waals surface area contributed by atoms with Gasteiger partial charge in [0.1, 0.15) is 0 Å². The number of allylic oxidation sites excluding steroid dienone is 6. The van der Waals surface area contributed by atoms with Gasteiger partial charge in [0.25, 0.3) is 0 Å². The molecule has 1 aliphatic rings. The highest BCUT2D eigenvalue weighted by atomic mass is 14.0. The van der Waals surface area contributed by atoms with Crippen LogP contribution in [0.4, 0.5) is 0 Å². The Balaban J connectivity index is 2.62. The van der Waals surface area contributed by atoms with Crippen LogP contribution in [-0.4, -0.2) is 0 Å². The van der Waals surface area contributed by atoms with E-state index in [1.54, 1.807) is 16.7 Å². The van der Waals surface area contributed by atoms with E-state index in [0.717, 1.165) is 0 Å². The van der Waals surface area contributed by atoms with Crippen LogP contribution in [-0.2, 0) is 0 Å². The molecular formula is C15H24. The Hall–Kier alpha value is -0.780. The van der Waals surface area contributed by atoms with Crippen molar-refractivity contribution in [3.05, 3.63) is 34.9 Å². The Morgan fingerprint density at radius 2 is 1.00 bits per heavy atom. The lowest BCUT2D eigenvalue weighted by Gasteiger charge is -2.05. The van der Waals surface area contributed by atoms with Crippen molar-refractivity contribution in [2.24, 2.45) is 0 Å². The van der Waals surface area contributed by atoms with E-state index in [4.69, 9.17) is 0 Å². The molecule has 1 aliphatic carbocycles. The van der Waals surface area contributed by atoms with Crippen LogP contribution in [0.15, 0.2) is 34.9 Å². The fourth-order valence-corrected chi connectivity index (χ4v) is 1.91. The first-order valence-electron chi connectivity index (χ1n) is 6.15. The second-order valence-corrected chi connectivity index (χ2v) is 4.77. The Labute approximate surface area is 94.8 Å². The molecule has 0 saturated carbocycles. The van der Waals surface area contributed by atoms with Crippen molar-refractivity contribution in [3.8, 4) is 0 Å². The lowest BCUT2D eigenvalue weighted by Crippen LogP contribution is -1.85. The SMILES string of the molecule is C/C1=C/CC/C(C)=C/CC/C=C(\C)CC1. The lowest BCUT2D eigenvalue weighted by molar-refractivity contribution is 0.868. The number of hydrogen-bond donors (Lipinski definition) is 0. The summed E-state index contributed by atoms with van der Waals surface area (Å²) in [5.74, 6) is 0. The standard InChI is InChI=1S/C15H24/c1-13-7-4-5-8-14(2)11-12-15(3)10-6-9-13/h7-8,10H,4-6,9,11-12H2,1-3H3/b13-7+,14-8+,15-10-. The third-order valence-electron chi connectivity index (χ3n) is 3.10. The summed E-state index contributed by atoms with van der Waals surface area (Å²) in [6, 6.07) is 0. The van der Waals surface area contributed by atoms with E-state index in [2.05, 4.69) is 39.0 Å². The molecule has 0 atom stereocenters. The molecule has 0 aromatic heterocycles. The average Bonchev–Trinajstić information content (AvgIpc) is 2.20. The van der Waals surface area contributed by atoms with E-state index in [9.17, 15) is 0 Å². The minimum absolute atomic E-state index is 1.21. The molecule has 0 radical (unpaired) electrons. The van der Waals surface area contributed by atoms with Gasteiger partial charge in [-0.15, -0.1) is 0 Å². The topological polar surface area (TPSA) is 0 Å². The minimum Gasteiger partial charge on any atom is -0.0853 e. The summed E-state index contributed by atoms with van der Waals surface area (Å²) in [5, 5.41) is 0. The van der Waals surface area contributed by atoms with Gasteiger partial charge in [-0.1, -0.05) is 34.9 Å². The normalized spacial score (nSPS) is 31.0. The predicted molar refractivity (Wildman–Crippen MR) is 69.0 cm³/mol. The molecule has 0 N–H and O–H groups in total. The molecule has 0 unspecified atom stereocenters. The molecule has 0 nitrogen and oxygen atoms in total. The van der Waals surface area contributed by atoms with Crippen LogP contribution >= 0.6 is 0 Å². The van der Waals surface area contributed by atoms with Gasteiger partial charge in [-0.2, -0.15) is 0 Å². The Bertz CT molecular complexity index is 276. The molecule has 0 aliphatic heterocycles. The molecule has 0 amide bonds. The molecule has 0 bridgehead atoms. The average molecular weight is 204 g/mol. The van der Waals surface area contributed by atoms with Gasteiger partial charge in [-0.05, 0) is 59.3 Å². The fourth-order valence-electron chi connectivity index (χ4n) is 1.91. The molecule has 0 heterocycles. The second kappa shape index (κ2) is 6.66. The van der Waals surface area contributed by atoms with Crippen LogP contribution in [0.2, 0.25) is 0 Å². The highest BCUT2D eigenvalue weighted by Crippen LogP contribution is 2.16. The quantitative estimate of drug-likeness (QED) is 0.477. The lowest BCUT2D eigenvalue weighted by atomic mass is 10.0. The van der Waals surface area contributed by atoms with Crippen LogP contribution in [0.25, 0.3) is 0 Å². The zero-order valence-corrected chi connectivity index (χ0v) is 10.5. The molecule has 84 valence electrons. The fraction of sp³-hybridized carbons (Fsp3) is 0.600. The first kappa shape index (κ1) is 12.3. The zero-order valence-electron chi connectivity index (χ0n) is 10.5. The van der Waals surface area contributed by atoms with Gasteiger partial charge in [0.15, 0.2) is 0 Å². The molecule has 0 aromatic rings. The van der Waals surface area contributed by atoms with Gasteiger partial charge >= 0.3 is 0 Å². The highest BCUT2D eigenvalue weighted by Gasteiger charge is 1.96. The monoisotopic (exact) mass is 204 g/mol. The zero-order chi connectivity index (χ0) is 11.1. The van der Waals surface area contributed by atoms with Crippen molar-refractivity contribution in [1.29, 1.82) is 0 Å². The summed E-state index contributed by atoms with van der Waals surface area (Å²) < 4.78 is 0. The summed E-state index contributed by atoms with van der Waals surface area (Å²) in [5.41, 5.74) is 4.65. The van der Waals surface area contributed by atoms with Crippen LogP contribution in [0.5, 0.6) is 0 Å². The Morgan fingerprint density at radius 1 is 0.600 bits per heavy atom. The molecular weight excluding hydrogens is 180 g/mol. The van der Waals surface area contributed by atoms with E-state index in [-0.39, 0.29) is 0 Å². The molecule has 0 saturated heterocycles. The van der Waals surface area contributed by atoms with E-state index in [0.29, 0.717) is 0 Å². The van der Waals surface area contributed by atoms with Crippen molar-refractivity contribution >= 4 is 0 Å². The van der Waals surface area contributed by atoms with Crippen LogP contribution in [0.3, 0.4) is 0 Å². The number of rotatable bonds is 0. The van der Waals surface area contributed by atoms with Gasteiger partial charge in [0, 0.05) is 0 Å². The summed E-state index contributed by atoms with van der Waals surface area (Å²) >= 11 is 0. The van der Waals surface area contributed by atoms with E-state index in [1.807, 2.05) is 0 Å². The Morgan fingerprint density at radius 3 is 1.53 bits per heavy atom. The third-order valence-corrected chi connectivity index (χ3v) is 3.10. The molecule has 1 rings (SSSR count). The van der Waals surface area contributed by atoms with Gasteiger partial charge in [0.2, 0.25) is 0 Å². The van der Waals surface area contributed by atoms with Crippen molar-refractivity contribution in [1.82, 2.24) is 0 Å². The third kappa shape index (κ3) is 5.61. The largest absolute Gasteiger partial charge is 0.0853 e. The van der Waals surface area contributed by atoms with E-state index < -0.39 is 0 Å². The van der Waals surface area contributed by atoms with Gasteiger partial charge < -0.3 is 0 Å².